The minimum Gasteiger partial charge on any atom is -0.378 e. The van der Waals surface area contributed by atoms with Crippen LogP contribution in [0.15, 0.2) is 12.1 Å². The lowest BCUT2D eigenvalue weighted by molar-refractivity contribution is -0.170. The van der Waals surface area contributed by atoms with E-state index in [1.165, 1.54) is 4.88 Å². The molecule has 3 N–H and O–H groups in total. The normalized spacial score (nSPS) is 27.9. The zero-order valence-electron chi connectivity index (χ0n) is 12.7. The summed E-state index contributed by atoms with van der Waals surface area (Å²) in [6.45, 7) is 9.23. The smallest absolute Gasteiger partial charge is 0.241 e. The zero-order chi connectivity index (χ0) is 15.0. The van der Waals surface area contributed by atoms with Crippen molar-refractivity contribution < 1.29 is 9.53 Å². The topological polar surface area (TPSA) is 64.3 Å². The van der Waals surface area contributed by atoms with E-state index in [1.807, 2.05) is 26.8 Å². The summed E-state index contributed by atoms with van der Waals surface area (Å²) < 4.78 is 5.65. The molecule has 0 spiro atoms. The maximum atomic E-state index is 12.4. The Bertz CT molecular complexity index is 498. The van der Waals surface area contributed by atoms with Crippen molar-refractivity contribution in [1.29, 1.82) is 0 Å². The van der Waals surface area contributed by atoms with Gasteiger partial charge in [0, 0.05) is 28.2 Å². The number of carbonyl (C=O) groups is 1. The Balaban J connectivity index is 1.95. The Labute approximate surface area is 124 Å². The van der Waals surface area contributed by atoms with Gasteiger partial charge in [-0.3, -0.25) is 4.79 Å². The third-order valence-corrected chi connectivity index (χ3v) is 5.45. The predicted molar refractivity (Wildman–Crippen MR) is 81.6 cm³/mol. The molecule has 20 heavy (non-hydrogen) atoms. The highest BCUT2D eigenvalue weighted by molar-refractivity contribution is 7.11. The molecular formula is C15H24N2O2S. The fraction of sp³-hybridized carbons (Fsp3) is 0.667. The standard InChI is InChI=1S/C15H24N2O2S/c1-5-19-12-8-15(16,14(12,3)4)13(18)17-9-11-7-6-10(2)20-11/h6-7,12H,5,8-9,16H2,1-4H3,(H,17,18). The Hall–Kier alpha value is -0.910. The third kappa shape index (κ3) is 2.50. The summed E-state index contributed by atoms with van der Waals surface area (Å²) in [5.74, 6) is -0.0792. The van der Waals surface area contributed by atoms with Crippen LogP contribution < -0.4 is 11.1 Å². The van der Waals surface area contributed by atoms with Gasteiger partial charge >= 0.3 is 0 Å². The van der Waals surface area contributed by atoms with Gasteiger partial charge in [0.15, 0.2) is 0 Å². The number of thiophene rings is 1. The Kier molecular flexibility index (Phi) is 4.23. The van der Waals surface area contributed by atoms with Gasteiger partial charge in [0.1, 0.15) is 5.54 Å². The number of hydrogen-bond acceptors (Lipinski definition) is 4. The fourth-order valence-electron chi connectivity index (χ4n) is 2.73. The van der Waals surface area contributed by atoms with Crippen LogP contribution in [0.3, 0.4) is 0 Å². The van der Waals surface area contributed by atoms with Gasteiger partial charge in [-0.15, -0.1) is 11.3 Å². The fourth-order valence-corrected chi connectivity index (χ4v) is 3.56. The van der Waals surface area contributed by atoms with E-state index in [-0.39, 0.29) is 17.4 Å². The van der Waals surface area contributed by atoms with Gasteiger partial charge in [-0.1, -0.05) is 13.8 Å². The van der Waals surface area contributed by atoms with Crippen LogP contribution in [0.1, 0.15) is 36.9 Å². The van der Waals surface area contributed by atoms with Crippen LogP contribution in [0.25, 0.3) is 0 Å². The van der Waals surface area contributed by atoms with Crippen LogP contribution in [0, 0.1) is 12.3 Å². The van der Waals surface area contributed by atoms with Crippen LogP contribution in [-0.4, -0.2) is 24.2 Å². The highest BCUT2D eigenvalue weighted by atomic mass is 32.1. The number of nitrogens with one attached hydrogen (secondary N) is 1. The van der Waals surface area contributed by atoms with Gasteiger partial charge < -0.3 is 15.8 Å². The van der Waals surface area contributed by atoms with Crippen LogP contribution >= 0.6 is 11.3 Å². The van der Waals surface area contributed by atoms with E-state index in [0.717, 1.165) is 4.88 Å². The summed E-state index contributed by atoms with van der Waals surface area (Å²) in [7, 11) is 0. The average Bonchev–Trinajstić information content (AvgIpc) is 2.81. The molecule has 1 saturated carbocycles. The predicted octanol–water partition coefficient (Wildman–Crippen LogP) is 2.21. The molecule has 1 amide bonds. The van der Waals surface area contributed by atoms with Crippen LogP contribution in [-0.2, 0) is 16.1 Å². The van der Waals surface area contributed by atoms with E-state index in [4.69, 9.17) is 10.5 Å². The lowest BCUT2D eigenvalue weighted by Gasteiger charge is -2.57. The first-order valence-electron chi connectivity index (χ1n) is 7.05. The molecule has 1 aliphatic rings. The van der Waals surface area contributed by atoms with Crippen molar-refractivity contribution in [2.45, 2.75) is 52.3 Å². The summed E-state index contributed by atoms with van der Waals surface area (Å²) in [6, 6.07) is 4.10. The SMILES string of the molecule is CCOC1CC(N)(C(=O)NCc2ccc(C)s2)C1(C)C. The molecule has 0 radical (unpaired) electrons. The van der Waals surface area contributed by atoms with Crippen LogP contribution in [0.5, 0.6) is 0 Å². The molecule has 1 aromatic heterocycles. The Morgan fingerprint density at radius 1 is 1.55 bits per heavy atom. The van der Waals surface area contributed by atoms with Crippen LogP contribution in [0.4, 0.5) is 0 Å². The van der Waals surface area contributed by atoms with Crippen LogP contribution in [0.2, 0.25) is 0 Å². The van der Waals surface area contributed by atoms with Gasteiger partial charge in [-0.25, -0.2) is 0 Å². The molecule has 2 rings (SSSR count). The summed E-state index contributed by atoms with van der Waals surface area (Å²) in [5, 5.41) is 2.96. The van der Waals surface area contributed by atoms with Gasteiger partial charge in [-0.2, -0.15) is 0 Å². The average molecular weight is 296 g/mol. The van der Waals surface area contributed by atoms with E-state index in [0.29, 0.717) is 19.6 Å². The molecule has 5 heteroatoms. The molecular weight excluding hydrogens is 272 g/mol. The van der Waals surface area contributed by atoms with Crippen molar-refractivity contribution in [2.75, 3.05) is 6.61 Å². The zero-order valence-corrected chi connectivity index (χ0v) is 13.5. The van der Waals surface area contributed by atoms with Crippen molar-refractivity contribution in [3.05, 3.63) is 21.9 Å². The summed E-state index contributed by atoms with van der Waals surface area (Å²) >= 11 is 1.69. The Morgan fingerprint density at radius 2 is 2.25 bits per heavy atom. The van der Waals surface area contributed by atoms with E-state index in [1.54, 1.807) is 11.3 Å². The lowest BCUT2D eigenvalue weighted by atomic mass is 9.54. The molecule has 4 nitrogen and oxygen atoms in total. The Morgan fingerprint density at radius 3 is 2.75 bits per heavy atom. The van der Waals surface area contributed by atoms with Crippen molar-refractivity contribution in [3.8, 4) is 0 Å². The number of ether oxygens (including phenoxy) is 1. The molecule has 0 saturated heterocycles. The largest absolute Gasteiger partial charge is 0.378 e. The second-order valence-electron chi connectivity index (χ2n) is 6.04. The highest BCUT2D eigenvalue weighted by Crippen LogP contribution is 2.49. The lowest BCUT2D eigenvalue weighted by Crippen LogP contribution is -2.75. The molecule has 1 heterocycles. The molecule has 0 bridgehead atoms. The molecule has 1 aromatic rings. The second-order valence-corrected chi connectivity index (χ2v) is 7.41. The number of hydrogen-bond donors (Lipinski definition) is 2. The first kappa shape index (κ1) is 15.5. The molecule has 1 fully saturated rings. The van der Waals surface area contributed by atoms with Crippen molar-refractivity contribution in [3.63, 3.8) is 0 Å². The van der Waals surface area contributed by atoms with E-state index < -0.39 is 5.54 Å². The number of amides is 1. The molecule has 0 aliphatic heterocycles. The second kappa shape index (κ2) is 5.47. The van der Waals surface area contributed by atoms with E-state index >= 15 is 0 Å². The highest BCUT2D eigenvalue weighted by Gasteiger charge is 2.62. The number of aryl methyl sites for hydroxylation is 1. The van der Waals surface area contributed by atoms with Crippen molar-refractivity contribution in [1.82, 2.24) is 5.32 Å². The number of rotatable bonds is 5. The number of carbonyl (C=O) groups excluding carboxylic acids is 1. The summed E-state index contributed by atoms with van der Waals surface area (Å²) in [4.78, 5) is 14.8. The first-order valence-corrected chi connectivity index (χ1v) is 7.87. The number of nitrogens with two attached hydrogens (primary N) is 1. The third-order valence-electron chi connectivity index (χ3n) is 4.45. The minimum atomic E-state index is -0.834. The van der Waals surface area contributed by atoms with Gasteiger partial charge in [0.25, 0.3) is 0 Å². The molecule has 1 aliphatic carbocycles. The van der Waals surface area contributed by atoms with Crippen molar-refractivity contribution in [2.24, 2.45) is 11.1 Å². The molecule has 2 atom stereocenters. The molecule has 112 valence electrons. The van der Waals surface area contributed by atoms with Gasteiger partial charge in [0.2, 0.25) is 5.91 Å². The maximum absolute atomic E-state index is 12.4. The van der Waals surface area contributed by atoms with Gasteiger partial charge in [0.05, 0.1) is 12.6 Å². The summed E-state index contributed by atoms with van der Waals surface area (Å²) in [5.41, 5.74) is 5.16. The minimum absolute atomic E-state index is 0.0623. The van der Waals surface area contributed by atoms with Crippen molar-refractivity contribution >= 4 is 17.2 Å². The molecule has 2 unspecified atom stereocenters. The van der Waals surface area contributed by atoms with Gasteiger partial charge in [-0.05, 0) is 26.0 Å². The quantitative estimate of drug-likeness (QED) is 0.875. The maximum Gasteiger partial charge on any atom is 0.241 e. The monoisotopic (exact) mass is 296 g/mol. The first-order chi connectivity index (χ1) is 9.31. The van der Waals surface area contributed by atoms with E-state index in [9.17, 15) is 4.79 Å². The van der Waals surface area contributed by atoms with E-state index in [2.05, 4.69) is 18.3 Å². The summed E-state index contributed by atoms with van der Waals surface area (Å²) in [6.07, 6.45) is 0.649. The molecule has 0 aromatic carbocycles.